The van der Waals surface area contributed by atoms with Gasteiger partial charge in [-0.1, -0.05) is 13.3 Å². The zero-order valence-electron chi connectivity index (χ0n) is 12.2. The number of carbonyl (C=O) groups is 1. The van der Waals surface area contributed by atoms with Crippen molar-refractivity contribution in [3.05, 3.63) is 0 Å². The van der Waals surface area contributed by atoms with Gasteiger partial charge in [-0.15, -0.1) is 0 Å². The second kappa shape index (κ2) is 7.29. The Labute approximate surface area is 118 Å². The molecular formula is C14H24F3NO2. The van der Waals surface area contributed by atoms with E-state index >= 15 is 0 Å². The third-order valence-corrected chi connectivity index (χ3v) is 3.85. The van der Waals surface area contributed by atoms with E-state index in [1.54, 1.807) is 6.92 Å². The Kier molecular flexibility index (Phi) is 6.30. The summed E-state index contributed by atoms with van der Waals surface area (Å²) >= 11 is 0. The standard InChI is InChI=1S/C14H24F3NO2/c1-3-8-18-13(10-12(19)20-4-2)7-5-6-11(9-13)14(15,16)17/h11,18H,3-10H2,1-2H3. The van der Waals surface area contributed by atoms with Crippen LogP contribution in [0.5, 0.6) is 0 Å². The lowest BCUT2D eigenvalue weighted by Crippen LogP contribution is -2.52. The number of halogens is 3. The van der Waals surface area contributed by atoms with Crippen molar-refractivity contribution in [2.24, 2.45) is 5.92 Å². The zero-order valence-corrected chi connectivity index (χ0v) is 12.2. The molecular weight excluding hydrogens is 271 g/mol. The number of hydrogen-bond donors (Lipinski definition) is 1. The molecule has 2 atom stereocenters. The van der Waals surface area contributed by atoms with E-state index in [0.717, 1.165) is 6.42 Å². The predicted octanol–water partition coefficient (Wildman–Crippen LogP) is 3.43. The molecule has 3 nitrogen and oxygen atoms in total. The number of hydrogen-bond acceptors (Lipinski definition) is 3. The fraction of sp³-hybridized carbons (Fsp3) is 0.929. The lowest BCUT2D eigenvalue weighted by molar-refractivity contribution is -0.190. The maximum absolute atomic E-state index is 12.9. The SMILES string of the molecule is CCCNC1(CC(=O)OCC)CCCC(C(F)(F)F)C1. The lowest BCUT2D eigenvalue weighted by Gasteiger charge is -2.41. The minimum atomic E-state index is -4.19. The van der Waals surface area contributed by atoms with Gasteiger partial charge in [-0.2, -0.15) is 13.2 Å². The summed E-state index contributed by atoms with van der Waals surface area (Å²) in [6, 6.07) is 0. The van der Waals surface area contributed by atoms with Gasteiger partial charge in [-0.05, 0) is 39.2 Å². The first-order chi connectivity index (χ1) is 9.33. The third-order valence-electron chi connectivity index (χ3n) is 3.85. The van der Waals surface area contributed by atoms with E-state index in [2.05, 4.69) is 5.32 Å². The molecule has 1 aliphatic carbocycles. The molecule has 1 N–H and O–H groups in total. The molecule has 0 aromatic heterocycles. The monoisotopic (exact) mass is 295 g/mol. The summed E-state index contributed by atoms with van der Waals surface area (Å²) in [7, 11) is 0. The van der Waals surface area contributed by atoms with Gasteiger partial charge in [-0.25, -0.2) is 0 Å². The average Bonchev–Trinajstić information content (AvgIpc) is 2.36. The van der Waals surface area contributed by atoms with Crippen molar-refractivity contribution in [2.45, 2.75) is 64.1 Å². The highest BCUT2D eigenvalue weighted by molar-refractivity contribution is 5.71. The number of rotatable bonds is 6. The van der Waals surface area contributed by atoms with Gasteiger partial charge in [0.25, 0.3) is 0 Å². The second-order valence-corrected chi connectivity index (χ2v) is 5.52. The van der Waals surface area contributed by atoms with E-state index in [-0.39, 0.29) is 25.9 Å². The van der Waals surface area contributed by atoms with Crippen LogP contribution in [0.15, 0.2) is 0 Å². The van der Waals surface area contributed by atoms with Crippen LogP contribution >= 0.6 is 0 Å². The van der Waals surface area contributed by atoms with Crippen LogP contribution in [0.4, 0.5) is 13.2 Å². The van der Waals surface area contributed by atoms with Crippen LogP contribution in [0.3, 0.4) is 0 Å². The van der Waals surface area contributed by atoms with Gasteiger partial charge in [0.2, 0.25) is 0 Å². The van der Waals surface area contributed by atoms with E-state index in [4.69, 9.17) is 4.74 Å². The smallest absolute Gasteiger partial charge is 0.391 e. The summed E-state index contributed by atoms with van der Waals surface area (Å²) < 4.78 is 43.8. The fourth-order valence-electron chi connectivity index (χ4n) is 2.90. The molecule has 0 spiro atoms. The fourth-order valence-corrected chi connectivity index (χ4v) is 2.90. The number of carbonyl (C=O) groups excluding carboxylic acids is 1. The molecule has 118 valence electrons. The molecule has 1 aliphatic rings. The van der Waals surface area contributed by atoms with Crippen molar-refractivity contribution in [2.75, 3.05) is 13.2 Å². The van der Waals surface area contributed by atoms with Crippen LogP contribution in [0.25, 0.3) is 0 Å². The summed E-state index contributed by atoms with van der Waals surface area (Å²) in [5.41, 5.74) is -0.763. The van der Waals surface area contributed by atoms with Crippen molar-refractivity contribution in [3.8, 4) is 0 Å². The minimum Gasteiger partial charge on any atom is -0.466 e. The van der Waals surface area contributed by atoms with Crippen molar-refractivity contribution < 1.29 is 22.7 Å². The van der Waals surface area contributed by atoms with Crippen molar-refractivity contribution in [1.82, 2.24) is 5.32 Å². The Bertz CT molecular complexity index is 320. The summed E-state index contributed by atoms with van der Waals surface area (Å²) in [5.74, 6) is -1.74. The summed E-state index contributed by atoms with van der Waals surface area (Å²) in [6.07, 6.45) is -2.14. The Morgan fingerprint density at radius 1 is 1.40 bits per heavy atom. The van der Waals surface area contributed by atoms with Crippen LogP contribution < -0.4 is 5.32 Å². The van der Waals surface area contributed by atoms with E-state index in [1.807, 2.05) is 6.92 Å². The maximum Gasteiger partial charge on any atom is 0.391 e. The highest BCUT2D eigenvalue weighted by Gasteiger charge is 2.48. The molecule has 0 aliphatic heterocycles. The summed E-state index contributed by atoms with van der Waals surface area (Å²) in [6.45, 7) is 4.52. The van der Waals surface area contributed by atoms with Gasteiger partial charge in [0.1, 0.15) is 0 Å². The second-order valence-electron chi connectivity index (χ2n) is 5.52. The van der Waals surface area contributed by atoms with Gasteiger partial charge >= 0.3 is 12.1 Å². The molecule has 1 rings (SSSR count). The highest BCUT2D eigenvalue weighted by Crippen LogP contribution is 2.43. The maximum atomic E-state index is 12.9. The van der Waals surface area contributed by atoms with Crippen LogP contribution in [-0.2, 0) is 9.53 Å². The van der Waals surface area contributed by atoms with Crippen molar-refractivity contribution in [3.63, 3.8) is 0 Å². The molecule has 0 heterocycles. The van der Waals surface area contributed by atoms with E-state index in [1.165, 1.54) is 0 Å². The van der Waals surface area contributed by atoms with Crippen molar-refractivity contribution >= 4 is 5.97 Å². The third kappa shape index (κ3) is 4.96. The number of esters is 1. The van der Waals surface area contributed by atoms with E-state index in [0.29, 0.717) is 19.4 Å². The average molecular weight is 295 g/mol. The number of ether oxygens (including phenoxy) is 1. The molecule has 0 radical (unpaired) electrons. The molecule has 0 amide bonds. The van der Waals surface area contributed by atoms with Crippen LogP contribution in [0, 0.1) is 5.92 Å². The first-order valence-electron chi connectivity index (χ1n) is 7.30. The normalized spacial score (nSPS) is 27.4. The molecule has 2 unspecified atom stereocenters. The van der Waals surface area contributed by atoms with Gasteiger partial charge in [-0.3, -0.25) is 4.79 Å². The largest absolute Gasteiger partial charge is 0.466 e. The van der Waals surface area contributed by atoms with Crippen LogP contribution in [0.1, 0.15) is 52.4 Å². The van der Waals surface area contributed by atoms with Gasteiger partial charge < -0.3 is 10.1 Å². The van der Waals surface area contributed by atoms with E-state index < -0.39 is 23.6 Å². The van der Waals surface area contributed by atoms with Gasteiger partial charge in [0.05, 0.1) is 18.9 Å². The van der Waals surface area contributed by atoms with Crippen molar-refractivity contribution in [1.29, 1.82) is 0 Å². The first-order valence-corrected chi connectivity index (χ1v) is 7.30. The minimum absolute atomic E-state index is 0.0212. The van der Waals surface area contributed by atoms with Gasteiger partial charge in [0, 0.05) is 5.54 Å². The van der Waals surface area contributed by atoms with Gasteiger partial charge in [0.15, 0.2) is 0 Å². The molecule has 0 aromatic rings. The quantitative estimate of drug-likeness (QED) is 0.763. The Hall–Kier alpha value is -0.780. The van der Waals surface area contributed by atoms with Crippen LogP contribution in [-0.4, -0.2) is 30.8 Å². The summed E-state index contributed by atoms with van der Waals surface area (Å²) in [4.78, 5) is 11.7. The van der Waals surface area contributed by atoms with Crippen LogP contribution in [0.2, 0.25) is 0 Å². The first kappa shape index (κ1) is 17.3. The topological polar surface area (TPSA) is 38.3 Å². The molecule has 1 fully saturated rings. The Balaban J connectivity index is 2.78. The summed E-state index contributed by atoms with van der Waals surface area (Å²) in [5, 5.41) is 3.18. The molecule has 0 aromatic carbocycles. The molecule has 20 heavy (non-hydrogen) atoms. The van der Waals surface area contributed by atoms with E-state index in [9.17, 15) is 18.0 Å². The molecule has 0 bridgehead atoms. The lowest BCUT2D eigenvalue weighted by atomic mass is 9.73. The molecule has 6 heteroatoms. The number of nitrogens with one attached hydrogen (secondary N) is 1. The molecule has 1 saturated carbocycles. The number of alkyl halides is 3. The Morgan fingerprint density at radius 3 is 2.65 bits per heavy atom. The Morgan fingerprint density at radius 2 is 2.10 bits per heavy atom. The molecule has 0 saturated heterocycles. The highest BCUT2D eigenvalue weighted by atomic mass is 19.4. The predicted molar refractivity (Wildman–Crippen MR) is 70.3 cm³/mol. The zero-order chi connectivity index (χ0) is 15.2.